The van der Waals surface area contributed by atoms with Crippen molar-refractivity contribution in [1.29, 1.82) is 0 Å². The number of amides is 1. The predicted octanol–water partition coefficient (Wildman–Crippen LogP) is 5.40. The molecule has 0 aliphatic rings. The first-order valence-corrected chi connectivity index (χ1v) is 10.5. The van der Waals surface area contributed by atoms with E-state index in [1.165, 1.54) is 29.8 Å². The third-order valence-electron chi connectivity index (χ3n) is 4.98. The van der Waals surface area contributed by atoms with E-state index in [1.807, 2.05) is 38.1 Å². The van der Waals surface area contributed by atoms with E-state index < -0.39 is 17.6 Å². The maximum absolute atomic E-state index is 13.2. The molecule has 1 amide bonds. The third-order valence-corrected chi connectivity index (χ3v) is 6.00. The second kappa shape index (κ2) is 8.23. The van der Waals surface area contributed by atoms with Crippen molar-refractivity contribution in [1.82, 2.24) is 9.55 Å². The summed E-state index contributed by atoms with van der Waals surface area (Å²) in [5, 5.41) is 2.83. The van der Waals surface area contributed by atoms with Crippen molar-refractivity contribution in [2.75, 3.05) is 5.32 Å². The summed E-state index contributed by atoms with van der Waals surface area (Å²) in [6, 6.07) is 12.1. The summed E-state index contributed by atoms with van der Waals surface area (Å²) in [7, 11) is 0. The van der Waals surface area contributed by atoms with Crippen LogP contribution in [-0.2, 0) is 17.5 Å². The Hall–Kier alpha value is -3.46. The Kier molecular flexibility index (Phi) is 5.60. The number of carbonyl (C=O) groups excluding carboxylic acids is 1. The van der Waals surface area contributed by atoms with E-state index in [-0.39, 0.29) is 17.8 Å². The monoisotopic (exact) mass is 457 g/mol. The van der Waals surface area contributed by atoms with E-state index in [0.29, 0.717) is 10.2 Å². The average molecular weight is 457 g/mol. The molecule has 0 unspecified atom stereocenters. The number of benzene rings is 2. The lowest BCUT2D eigenvalue weighted by molar-refractivity contribution is -0.137. The highest BCUT2D eigenvalue weighted by molar-refractivity contribution is 7.19. The minimum atomic E-state index is -4.52. The number of rotatable bonds is 4. The fraction of sp³-hybridized carbons (Fsp3) is 0.174. The van der Waals surface area contributed by atoms with Gasteiger partial charge in [0.25, 0.3) is 5.56 Å². The summed E-state index contributed by atoms with van der Waals surface area (Å²) in [6.07, 6.45) is -3.24. The molecule has 0 radical (unpaired) electrons. The van der Waals surface area contributed by atoms with Crippen molar-refractivity contribution in [2.45, 2.75) is 26.6 Å². The molecular weight excluding hydrogens is 439 g/mol. The van der Waals surface area contributed by atoms with Gasteiger partial charge in [0.15, 0.2) is 0 Å². The molecule has 164 valence electrons. The summed E-state index contributed by atoms with van der Waals surface area (Å²) in [5.74, 6) is -0.628. The van der Waals surface area contributed by atoms with E-state index in [1.54, 1.807) is 0 Å². The number of anilines is 1. The van der Waals surface area contributed by atoms with Gasteiger partial charge in [-0.15, -0.1) is 11.3 Å². The number of nitrogens with zero attached hydrogens (tertiary/aromatic N) is 2. The molecule has 9 heteroatoms. The van der Waals surface area contributed by atoms with Gasteiger partial charge in [0.1, 0.15) is 11.4 Å². The number of hydrogen-bond donors (Lipinski definition) is 1. The van der Waals surface area contributed by atoms with Crippen LogP contribution in [0.1, 0.15) is 16.0 Å². The van der Waals surface area contributed by atoms with Gasteiger partial charge >= 0.3 is 6.18 Å². The number of aromatic nitrogens is 2. The summed E-state index contributed by atoms with van der Waals surface area (Å²) < 4.78 is 39.8. The van der Waals surface area contributed by atoms with Crippen LogP contribution in [0.15, 0.2) is 59.7 Å². The molecule has 32 heavy (non-hydrogen) atoms. The molecule has 2 aromatic carbocycles. The summed E-state index contributed by atoms with van der Waals surface area (Å²) >= 11 is 1.39. The van der Waals surface area contributed by atoms with Crippen LogP contribution >= 0.6 is 11.3 Å². The zero-order chi connectivity index (χ0) is 23.0. The molecule has 0 aliphatic carbocycles. The highest BCUT2D eigenvalue weighted by Gasteiger charge is 2.30. The number of aryl methyl sites for hydroxylation is 2. The number of alkyl halides is 3. The largest absolute Gasteiger partial charge is 0.416 e. The number of fused-ring (bicyclic) bond motifs is 1. The standard InChI is InChI=1S/C23H18F3N3O2S/c1-13-6-8-15(9-7-13)19-14(2)32-21-20(19)22(31)29(12-27-21)11-18(30)28-17-5-3-4-16(10-17)23(24,25)26/h3-10,12H,11H2,1-2H3,(H,28,30). The van der Waals surface area contributed by atoms with E-state index in [2.05, 4.69) is 10.3 Å². The molecule has 0 atom stereocenters. The lowest BCUT2D eigenvalue weighted by Crippen LogP contribution is -2.27. The molecule has 1 N–H and O–H groups in total. The Morgan fingerprint density at radius 3 is 2.53 bits per heavy atom. The summed E-state index contributed by atoms with van der Waals surface area (Å²) in [6.45, 7) is 3.51. The molecule has 0 bridgehead atoms. The van der Waals surface area contributed by atoms with Crippen molar-refractivity contribution < 1.29 is 18.0 Å². The Bertz CT molecular complexity index is 1370. The first kappa shape index (κ1) is 21.8. The van der Waals surface area contributed by atoms with Crippen LogP contribution in [-0.4, -0.2) is 15.5 Å². The number of thiophene rings is 1. The highest BCUT2D eigenvalue weighted by atomic mass is 32.1. The second-order valence-electron chi connectivity index (χ2n) is 7.38. The molecule has 0 spiro atoms. The van der Waals surface area contributed by atoms with Crippen molar-refractivity contribution in [3.05, 3.63) is 81.2 Å². The molecule has 4 rings (SSSR count). The SMILES string of the molecule is Cc1ccc(-c2c(C)sc3ncn(CC(=O)Nc4cccc(C(F)(F)F)c4)c(=O)c23)cc1. The lowest BCUT2D eigenvalue weighted by Gasteiger charge is -2.11. The van der Waals surface area contributed by atoms with Crippen molar-refractivity contribution in [3.63, 3.8) is 0 Å². The van der Waals surface area contributed by atoms with Gasteiger partial charge in [0.2, 0.25) is 5.91 Å². The van der Waals surface area contributed by atoms with E-state index in [4.69, 9.17) is 0 Å². The summed E-state index contributed by atoms with van der Waals surface area (Å²) in [5.41, 5.74) is 1.49. The third kappa shape index (κ3) is 4.29. The van der Waals surface area contributed by atoms with Crippen molar-refractivity contribution in [2.24, 2.45) is 0 Å². The fourth-order valence-electron chi connectivity index (χ4n) is 3.45. The van der Waals surface area contributed by atoms with Crippen LogP contribution in [0, 0.1) is 13.8 Å². The molecule has 0 saturated heterocycles. The Morgan fingerprint density at radius 1 is 1.12 bits per heavy atom. The van der Waals surface area contributed by atoms with Crippen molar-refractivity contribution in [3.8, 4) is 11.1 Å². The van der Waals surface area contributed by atoms with Crippen LogP contribution in [0.25, 0.3) is 21.3 Å². The Balaban J connectivity index is 1.65. The van der Waals surface area contributed by atoms with Crippen LogP contribution < -0.4 is 10.9 Å². The minimum Gasteiger partial charge on any atom is -0.325 e. The zero-order valence-corrected chi connectivity index (χ0v) is 18.0. The topological polar surface area (TPSA) is 64.0 Å². The maximum Gasteiger partial charge on any atom is 0.416 e. The van der Waals surface area contributed by atoms with Crippen LogP contribution in [0.4, 0.5) is 18.9 Å². The average Bonchev–Trinajstić information content (AvgIpc) is 3.07. The van der Waals surface area contributed by atoms with Crippen LogP contribution in [0.5, 0.6) is 0 Å². The molecule has 0 fully saturated rings. The maximum atomic E-state index is 13.2. The Morgan fingerprint density at radius 2 is 1.84 bits per heavy atom. The van der Waals surface area contributed by atoms with Gasteiger partial charge in [-0.05, 0) is 37.6 Å². The molecule has 2 heterocycles. The molecule has 4 aromatic rings. The molecule has 2 aromatic heterocycles. The number of carbonyl (C=O) groups is 1. The van der Waals surface area contributed by atoms with Gasteiger partial charge in [0.05, 0.1) is 17.3 Å². The van der Waals surface area contributed by atoms with E-state index in [9.17, 15) is 22.8 Å². The summed E-state index contributed by atoms with van der Waals surface area (Å²) in [4.78, 5) is 31.5. The van der Waals surface area contributed by atoms with Gasteiger partial charge < -0.3 is 5.32 Å². The fourth-order valence-corrected chi connectivity index (χ4v) is 4.45. The van der Waals surface area contributed by atoms with Gasteiger partial charge in [0, 0.05) is 16.1 Å². The first-order chi connectivity index (χ1) is 15.1. The first-order valence-electron chi connectivity index (χ1n) is 9.66. The quantitative estimate of drug-likeness (QED) is 0.446. The number of hydrogen-bond acceptors (Lipinski definition) is 4. The van der Waals surface area contributed by atoms with Gasteiger partial charge in [-0.25, -0.2) is 4.98 Å². The number of halogens is 3. The van der Waals surface area contributed by atoms with Gasteiger partial charge in [-0.3, -0.25) is 14.2 Å². The van der Waals surface area contributed by atoms with Gasteiger partial charge in [-0.2, -0.15) is 13.2 Å². The Labute approximate surface area is 185 Å². The highest BCUT2D eigenvalue weighted by Crippen LogP contribution is 2.35. The predicted molar refractivity (Wildman–Crippen MR) is 119 cm³/mol. The van der Waals surface area contributed by atoms with Crippen molar-refractivity contribution >= 4 is 33.1 Å². The lowest BCUT2D eigenvalue weighted by atomic mass is 10.0. The van der Waals surface area contributed by atoms with E-state index >= 15 is 0 Å². The normalized spacial score (nSPS) is 11.7. The molecule has 0 saturated carbocycles. The minimum absolute atomic E-state index is 0.00127. The zero-order valence-electron chi connectivity index (χ0n) is 17.2. The smallest absolute Gasteiger partial charge is 0.325 e. The van der Waals surface area contributed by atoms with Gasteiger partial charge in [-0.1, -0.05) is 35.9 Å². The molecule has 0 aliphatic heterocycles. The molecule has 5 nitrogen and oxygen atoms in total. The van der Waals surface area contributed by atoms with Crippen LogP contribution in [0.2, 0.25) is 0 Å². The molecular formula is C23H18F3N3O2S. The second-order valence-corrected chi connectivity index (χ2v) is 8.59. The number of nitrogens with one attached hydrogen (secondary N) is 1. The van der Waals surface area contributed by atoms with Crippen LogP contribution in [0.3, 0.4) is 0 Å². The van der Waals surface area contributed by atoms with E-state index in [0.717, 1.165) is 38.3 Å².